The van der Waals surface area contributed by atoms with Gasteiger partial charge in [-0.2, -0.15) is 0 Å². The molecule has 5 heteroatoms. The summed E-state index contributed by atoms with van der Waals surface area (Å²) in [6.45, 7) is 2.01. The monoisotopic (exact) mass is 279 g/mol. The lowest BCUT2D eigenvalue weighted by molar-refractivity contribution is 0.0697. The van der Waals surface area contributed by atoms with Crippen LogP contribution in [0.25, 0.3) is 17.1 Å². The summed E-state index contributed by atoms with van der Waals surface area (Å²) in [5, 5.41) is 13.4. The van der Waals surface area contributed by atoms with Crippen LogP contribution in [-0.4, -0.2) is 25.8 Å². The van der Waals surface area contributed by atoms with Gasteiger partial charge in [-0.05, 0) is 36.8 Å². The lowest BCUT2D eigenvalue weighted by Crippen LogP contribution is -1.97. The third-order valence-electron chi connectivity index (χ3n) is 3.13. The summed E-state index contributed by atoms with van der Waals surface area (Å²) in [4.78, 5) is 15.3. The molecule has 0 saturated heterocycles. The highest BCUT2D eigenvalue weighted by atomic mass is 16.4. The van der Waals surface area contributed by atoms with Gasteiger partial charge in [0.05, 0.1) is 11.3 Å². The van der Waals surface area contributed by atoms with Crippen LogP contribution >= 0.6 is 0 Å². The molecule has 1 N–H and O–H groups in total. The van der Waals surface area contributed by atoms with Crippen molar-refractivity contribution in [3.05, 3.63) is 66.0 Å². The first-order valence-electron chi connectivity index (χ1n) is 6.46. The summed E-state index contributed by atoms with van der Waals surface area (Å²) in [5.74, 6) is -0.463. The van der Waals surface area contributed by atoms with Crippen molar-refractivity contribution < 1.29 is 9.90 Å². The van der Waals surface area contributed by atoms with E-state index >= 15 is 0 Å². The minimum Gasteiger partial charge on any atom is -0.478 e. The highest BCUT2D eigenvalue weighted by Crippen LogP contribution is 2.18. The quantitative estimate of drug-likeness (QED) is 0.800. The van der Waals surface area contributed by atoms with E-state index in [1.165, 1.54) is 0 Å². The molecule has 1 heterocycles. The molecule has 2 aromatic carbocycles. The zero-order chi connectivity index (χ0) is 14.8. The smallest absolute Gasteiger partial charge is 0.335 e. The fraction of sp³-hybridized carbons (Fsp3) is 0.0625. The number of carboxylic acid groups (broad SMARTS) is 1. The maximum absolute atomic E-state index is 11.0. The highest BCUT2D eigenvalue weighted by Gasteiger charge is 2.09. The first kappa shape index (κ1) is 13.1. The fourth-order valence-electron chi connectivity index (χ4n) is 2.08. The van der Waals surface area contributed by atoms with Crippen molar-refractivity contribution >= 4 is 5.97 Å². The van der Waals surface area contributed by atoms with Crippen LogP contribution in [0.3, 0.4) is 0 Å². The predicted octanol–water partition coefficient (Wildman–Crippen LogP) is 2.94. The molecule has 1 aromatic heterocycles. The van der Waals surface area contributed by atoms with Crippen LogP contribution in [0.15, 0.2) is 54.9 Å². The molecular weight excluding hydrogens is 266 g/mol. The Balaban J connectivity index is 1.98. The van der Waals surface area contributed by atoms with Gasteiger partial charge in [0.1, 0.15) is 6.33 Å². The number of aromatic nitrogens is 3. The van der Waals surface area contributed by atoms with Gasteiger partial charge in [-0.3, -0.25) is 0 Å². The maximum Gasteiger partial charge on any atom is 0.335 e. The summed E-state index contributed by atoms with van der Waals surface area (Å²) in [5.41, 5.74) is 2.96. The number of nitrogens with zero attached hydrogens (tertiary/aromatic N) is 3. The maximum atomic E-state index is 11.0. The molecule has 0 saturated carbocycles. The summed E-state index contributed by atoms with van der Waals surface area (Å²) < 4.78 is 1.68. The molecule has 0 aliphatic rings. The van der Waals surface area contributed by atoms with E-state index in [-0.39, 0.29) is 5.56 Å². The molecule has 0 fully saturated rings. The largest absolute Gasteiger partial charge is 0.478 e. The van der Waals surface area contributed by atoms with Crippen LogP contribution in [0.5, 0.6) is 0 Å². The Kier molecular flexibility index (Phi) is 3.23. The third-order valence-corrected chi connectivity index (χ3v) is 3.13. The van der Waals surface area contributed by atoms with Crippen molar-refractivity contribution in [3.63, 3.8) is 0 Å². The van der Waals surface area contributed by atoms with Crippen LogP contribution in [0, 0.1) is 6.92 Å². The zero-order valence-electron chi connectivity index (χ0n) is 11.4. The Morgan fingerprint density at radius 1 is 1.14 bits per heavy atom. The molecule has 104 valence electrons. The van der Waals surface area contributed by atoms with Crippen molar-refractivity contribution in [2.45, 2.75) is 6.92 Å². The SMILES string of the molecule is Cc1cccc(-n2cnc(-c3cccc(C(=O)O)c3)n2)c1. The van der Waals surface area contributed by atoms with Crippen LogP contribution in [0.4, 0.5) is 0 Å². The number of benzene rings is 2. The van der Waals surface area contributed by atoms with Crippen molar-refractivity contribution in [1.29, 1.82) is 0 Å². The molecule has 0 radical (unpaired) electrons. The summed E-state index contributed by atoms with van der Waals surface area (Å²) in [7, 11) is 0. The molecule has 5 nitrogen and oxygen atoms in total. The van der Waals surface area contributed by atoms with E-state index in [1.54, 1.807) is 35.3 Å². The minimum absolute atomic E-state index is 0.222. The second kappa shape index (κ2) is 5.20. The summed E-state index contributed by atoms with van der Waals surface area (Å²) in [6, 6.07) is 14.5. The standard InChI is InChI=1S/C16H13N3O2/c1-11-4-2-7-14(8-11)19-10-17-15(18-19)12-5-3-6-13(9-12)16(20)21/h2-10H,1H3,(H,20,21). The third kappa shape index (κ3) is 2.67. The van der Waals surface area contributed by atoms with Gasteiger partial charge in [-0.25, -0.2) is 14.5 Å². The first-order valence-corrected chi connectivity index (χ1v) is 6.46. The van der Waals surface area contributed by atoms with E-state index in [0.717, 1.165) is 11.3 Å². The molecule has 0 spiro atoms. The highest BCUT2D eigenvalue weighted by molar-refractivity contribution is 5.89. The lowest BCUT2D eigenvalue weighted by atomic mass is 10.1. The van der Waals surface area contributed by atoms with E-state index in [4.69, 9.17) is 5.11 Å². The number of aryl methyl sites for hydroxylation is 1. The topological polar surface area (TPSA) is 68.0 Å². The van der Waals surface area contributed by atoms with Gasteiger partial charge < -0.3 is 5.11 Å². The average Bonchev–Trinajstić information content (AvgIpc) is 2.97. The average molecular weight is 279 g/mol. The molecule has 0 aliphatic heterocycles. The molecule has 3 rings (SSSR count). The summed E-state index contributed by atoms with van der Waals surface area (Å²) >= 11 is 0. The number of rotatable bonds is 3. The van der Waals surface area contributed by atoms with Crippen molar-refractivity contribution in [2.24, 2.45) is 0 Å². The molecule has 0 atom stereocenters. The minimum atomic E-state index is -0.963. The molecule has 21 heavy (non-hydrogen) atoms. The Morgan fingerprint density at radius 3 is 2.71 bits per heavy atom. The van der Waals surface area contributed by atoms with Crippen LogP contribution in [-0.2, 0) is 0 Å². The van der Waals surface area contributed by atoms with Crippen LogP contribution < -0.4 is 0 Å². The van der Waals surface area contributed by atoms with Gasteiger partial charge in [0.2, 0.25) is 0 Å². The number of hydrogen-bond donors (Lipinski definition) is 1. The Bertz CT molecular complexity index is 809. The normalized spacial score (nSPS) is 10.5. The zero-order valence-corrected chi connectivity index (χ0v) is 11.4. The molecular formula is C16H13N3O2. The van der Waals surface area contributed by atoms with Gasteiger partial charge in [0, 0.05) is 5.56 Å². The van der Waals surface area contributed by atoms with E-state index < -0.39 is 5.97 Å². The van der Waals surface area contributed by atoms with E-state index in [9.17, 15) is 4.79 Å². The Labute approximate surface area is 121 Å². The molecule has 3 aromatic rings. The van der Waals surface area contributed by atoms with Gasteiger partial charge in [-0.1, -0.05) is 24.3 Å². The summed E-state index contributed by atoms with van der Waals surface area (Å²) in [6.07, 6.45) is 1.62. The van der Waals surface area contributed by atoms with Crippen LogP contribution in [0.1, 0.15) is 15.9 Å². The van der Waals surface area contributed by atoms with Gasteiger partial charge in [-0.15, -0.1) is 5.10 Å². The Hall–Kier alpha value is -2.95. The number of carboxylic acids is 1. The van der Waals surface area contributed by atoms with Gasteiger partial charge >= 0.3 is 5.97 Å². The van der Waals surface area contributed by atoms with E-state index in [1.807, 2.05) is 31.2 Å². The fourth-order valence-corrected chi connectivity index (χ4v) is 2.08. The number of aromatic carboxylic acids is 1. The van der Waals surface area contributed by atoms with Crippen molar-refractivity contribution in [2.75, 3.05) is 0 Å². The molecule has 0 aliphatic carbocycles. The number of hydrogen-bond acceptors (Lipinski definition) is 3. The Morgan fingerprint density at radius 2 is 1.95 bits per heavy atom. The van der Waals surface area contributed by atoms with E-state index in [2.05, 4.69) is 10.1 Å². The second-order valence-electron chi connectivity index (χ2n) is 4.74. The van der Waals surface area contributed by atoms with Crippen LogP contribution in [0.2, 0.25) is 0 Å². The molecule has 0 amide bonds. The molecule has 0 unspecified atom stereocenters. The van der Waals surface area contributed by atoms with Crippen molar-refractivity contribution in [1.82, 2.24) is 14.8 Å². The van der Waals surface area contributed by atoms with E-state index in [0.29, 0.717) is 11.4 Å². The van der Waals surface area contributed by atoms with Crippen molar-refractivity contribution in [3.8, 4) is 17.1 Å². The molecule has 0 bridgehead atoms. The second-order valence-corrected chi connectivity index (χ2v) is 4.74. The predicted molar refractivity (Wildman–Crippen MR) is 78.5 cm³/mol. The first-order chi connectivity index (χ1) is 10.1. The lowest BCUT2D eigenvalue weighted by Gasteiger charge is -2.01. The van der Waals surface area contributed by atoms with Gasteiger partial charge in [0.25, 0.3) is 0 Å². The number of carbonyl (C=O) groups is 1. The van der Waals surface area contributed by atoms with Gasteiger partial charge in [0.15, 0.2) is 5.82 Å².